The van der Waals surface area contributed by atoms with Gasteiger partial charge in [-0.3, -0.25) is 0 Å². The van der Waals surface area contributed by atoms with E-state index >= 15 is 0 Å². The molecule has 0 aromatic heterocycles. The van der Waals surface area contributed by atoms with Crippen molar-refractivity contribution in [2.45, 2.75) is 12.3 Å². The lowest BCUT2D eigenvalue weighted by molar-refractivity contribution is 0.205. The van der Waals surface area contributed by atoms with E-state index < -0.39 is 0 Å². The van der Waals surface area contributed by atoms with Crippen molar-refractivity contribution in [3.8, 4) is 5.75 Å². The molecule has 1 atom stereocenters. The minimum Gasteiger partial charge on any atom is -0.493 e. The van der Waals surface area contributed by atoms with Gasteiger partial charge in [-0.1, -0.05) is 11.6 Å². The summed E-state index contributed by atoms with van der Waals surface area (Å²) in [5, 5.41) is 9.83. The maximum atomic E-state index is 9.13. The third kappa shape index (κ3) is 1.64. The largest absolute Gasteiger partial charge is 0.493 e. The Balaban J connectivity index is 2.41. The summed E-state index contributed by atoms with van der Waals surface area (Å²) >= 11 is 5.86. The number of aliphatic hydroxyl groups is 1. The molecular formula is C10H11ClO2. The first-order valence-corrected chi connectivity index (χ1v) is 4.72. The fourth-order valence-electron chi connectivity index (χ4n) is 1.63. The van der Waals surface area contributed by atoms with Gasteiger partial charge in [0.25, 0.3) is 0 Å². The van der Waals surface area contributed by atoms with E-state index in [1.807, 2.05) is 12.1 Å². The third-order valence-electron chi connectivity index (χ3n) is 2.36. The number of benzene rings is 1. The lowest BCUT2D eigenvalue weighted by atomic mass is 9.94. The molecule has 1 aromatic rings. The third-order valence-corrected chi connectivity index (χ3v) is 2.59. The van der Waals surface area contributed by atoms with E-state index in [4.69, 9.17) is 21.4 Å². The Labute approximate surface area is 82.1 Å². The van der Waals surface area contributed by atoms with Crippen LogP contribution in [-0.4, -0.2) is 18.3 Å². The van der Waals surface area contributed by atoms with Crippen molar-refractivity contribution in [2.24, 2.45) is 0 Å². The summed E-state index contributed by atoms with van der Waals surface area (Å²) in [6.45, 7) is 0.844. The molecule has 0 aliphatic carbocycles. The van der Waals surface area contributed by atoms with Gasteiger partial charge in [-0.25, -0.2) is 0 Å². The number of fused-ring (bicyclic) bond motifs is 1. The standard InChI is InChI=1S/C10H11ClO2/c11-8-1-2-10-9(5-8)7(6-12)3-4-13-10/h1-2,5,7,12H,3-4,6H2/t7-/m1/s1. The maximum Gasteiger partial charge on any atom is 0.122 e. The second-order valence-electron chi connectivity index (χ2n) is 3.20. The molecule has 1 N–H and O–H groups in total. The summed E-state index contributed by atoms with van der Waals surface area (Å²) in [6, 6.07) is 5.54. The molecule has 0 spiro atoms. The lowest BCUT2D eigenvalue weighted by Gasteiger charge is -2.24. The van der Waals surface area contributed by atoms with Crippen LogP contribution in [0.15, 0.2) is 18.2 Å². The average Bonchev–Trinajstić information content (AvgIpc) is 2.17. The van der Waals surface area contributed by atoms with Crippen LogP contribution in [0.4, 0.5) is 0 Å². The topological polar surface area (TPSA) is 29.5 Å². The first-order valence-electron chi connectivity index (χ1n) is 4.34. The molecule has 13 heavy (non-hydrogen) atoms. The van der Waals surface area contributed by atoms with Gasteiger partial charge in [-0.2, -0.15) is 0 Å². The normalized spacial score (nSPS) is 20.6. The zero-order valence-electron chi connectivity index (χ0n) is 7.16. The molecule has 2 rings (SSSR count). The van der Waals surface area contributed by atoms with Gasteiger partial charge in [0.2, 0.25) is 0 Å². The van der Waals surface area contributed by atoms with Crippen LogP contribution < -0.4 is 4.74 Å². The summed E-state index contributed by atoms with van der Waals surface area (Å²) in [4.78, 5) is 0. The molecule has 70 valence electrons. The predicted octanol–water partition coefficient (Wildman–Crippen LogP) is 2.20. The van der Waals surface area contributed by atoms with E-state index in [2.05, 4.69) is 0 Å². The molecular weight excluding hydrogens is 188 g/mol. The second-order valence-corrected chi connectivity index (χ2v) is 3.64. The van der Waals surface area contributed by atoms with Gasteiger partial charge in [0.1, 0.15) is 5.75 Å². The highest BCUT2D eigenvalue weighted by atomic mass is 35.5. The zero-order chi connectivity index (χ0) is 9.26. The smallest absolute Gasteiger partial charge is 0.122 e. The predicted molar refractivity (Wildman–Crippen MR) is 51.4 cm³/mol. The summed E-state index contributed by atoms with van der Waals surface area (Å²) < 4.78 is 5.44. The Bertz CT molecular complexity index is 312. The van der Waals surface area contributed by atoms with Crippen LogP contribution in [0, 0.1) is 0 Å². The molecule has 0 fully saturated rings. The first kappa shape index (κ1) is 8.85. The minimum absolute atomic E-state index is 0.163. The molecule has 1 aliphatic heterocycles. The SMILES string of the molecule is OC[C@H]1CCOc2ccc(Cl)cc21. The van der Waals surface area contributed by atoms with Crippen LogP contribution in [0.25, 0.3) is 0 Å². The van der Waals surface area contributed by atoms with Crippen molar-refractivity contribution < 1.29 is 9.84 Å². The Morgan fingerprint density at radius 1 is 1.54 bits per heavy atom. The number of ether oxygens (including phenoxy) is 1. The van der Waals surface area contributed by atoms with E-state index in [1.54, 1.807) is 6.07 Å². The molecule has 1 heterocycles. The van der Waals surface area contributed by atoms with Gasteiger partial charge in [-0.05, 0) is 24.6 Å². The van der Waals surface area contributed by atoms with Crippen LogP contribution in [-0.2, 0) is 0 Å². The number of rotatable bonds is 1. The van der Waals surface area contributed by atoms with E-state index in [0.29, 0.717) is 11.6 Å². The molecule has 0 bridgehead atoms. The average molecular weight is 199 g/mol. The van der Waals surface area contributed by atoms with Crippen molar-refractivity contribution >= 4 is 11.6 Å². The highest BCUT2D eigenvalue weighted by Gasteiger charge is 2.20. The first-order chi connectivity index (χ1) is 6.31. The van der Waals surface area contributed by atoms with Gasteiger partial charge in [0, 0.05) is 16.5 Å². The maximum absolute atomic E-state index is 9.13. The molecule has 3 heteroatoms. The summed E-state index contributed by atoms with van der Waals surface area (Å²) in [6.07, 6.45) is 0.865. The highest BCUT2D eigenvalue weighted by molar-refractivity contribution is 6.30. The van der Waals surface area contributed by atoms with E-state index in [0.717, 1.165) is 17.7 Å². The van der Waals surface area contributed by atoms with Gasteiger partial charge < -0.3 is 9.84 Å². The zero-order valence-corrected chi connectivity index (χ0v) is 7.92. The number of hydrogen-bond acceptors (Lipinski definition) is 2. The monoisotopic (exact) mass is 198 g/mol. The number of halogens is 1. The molecule has 0 amide bonds. The van der Waals surface area contributed by atoms with Crippen LogP contribution >= 0.6 is 11.6 Å². The van der Waals surface area contributed by atoms with Crippen LogP contribution in [0.5, 0.6) is 5.75 Å². The molecule has 1 aliphatic rings. The summed E-state index contributed by atoms with van der Waals surface area (Å²) in [5.74, 6) is 1.04. The fraction of sp³-hybridized carbons (Fsp3) is 0.400. The highest BCUT2D eigenvalue weighted by Crippen LogP contribution is 2.34. The van der Waals surface area contributed by atoms with Crippen molar-refractivity contribution in [3.63, 3.8) is 0 Å². The minimum atomic E-state index is 0.163. The van der Waals surface area contributed by atoms with Gasteiger partial charge in [-0.15, -0.1) is 0 Å². The summed E-state index contributed by atoms with van der Waals surface area (Å²) in [7, 11) is 0. The van der Waals surface area contributed by atoms with Crippen LogP contribution in [0.2, 0.25) is 5.02 Å². The molecule has 0 saturated carbocycles. The van der Waals surface area contributed by atoms with E-state index in [9.17, 15) is 0 Å². The second kappa shape index (κ2) is 3.56. The Morgan fingerprint density at radius 3 is 3.15 bits per heavy atom. The van der Waals surface area contributed by atoms with E-state index in [-0.39, 0.29) is 12.5 Å². The molecule has 2 nitrogen and oxygen atoms in total. The van der Waals surface area contributed by atoms with Crippen LogP contribution in [0.3, 0.4) is 0 Å². The fourth-order valence-corrected chi connectivity index (χ4v) is 1.81. The number of hydrogen-bond donors (Lipinski definition) is 1. The molecule has 0 radical (unpaired) electrons. The van der Waals surface area contributed by atoms with Gasteiger partial charge >= 0.3 is 0 Å². The van der Waals surface area contributed by atoms with Gasteiger partial charge in [0.15, 0.2) is 0 Å². The quantitative estimate of drug-likeness (QED) is 0.750. The molecule has 1 aromatic carbocycles. The van der Waals surface area contributed by atoms with Crippen molar-refractivity contribution in [2.75, 3.05) is 13.2 Å². The number of aliphatic hydroxyl groups excluding tert-OH is 1. The summed E-state index contributed by atoms with van der Waals surface area (Å²) in [5.41, 5.74) is 1.03. The Morgan fingerprint density at radius 2 is 2.38 bits per heavy atom. The van der Waals surface area contributed by atoms with Crippen molar-refractivity contribution in [1.82, 2.24) is 0 Å². The Hall–Kier alpha value is -0.730. The van der Waals surface area contributed by atoms with Crippen LogP contribution in [0.1, 0.15) is 17.9 Å². The van der Waals surface area contributed by atoms with Gasteiger partial charge in [0.05, 0.1) is 13.2 Å². The van der Waals surface area contributed by atoms with E-state index in [1.165, 1.54) is 0 Å². The lowest BCUT2D eigenvalue weighted by Crippen LogP contribution is -2.16. The van der Waals surface area contributed by atoms with Crippen molar-refractivity contribution in [3.05, 3.63) is 28.8 Å². The molecule has 0 unspecified atom stereocenters. The Kier molecular flexibility index (Phi) is 2.42. The van der Waals surface area contributed by atoms with Crippen molar-refractivity contribution in [1.29, 1.82) is 0 Å². The molecule has 0 saturated heterocycles.